The smallest absolute Gasteiger partial charge is 0.0499 e. The van der Waals surface area contributed by atoms with Gasteiger partial charge in [0, 0.05) is 24.6 Å². The summed E-state index contributed by atoms with van der Waals surface area (Å²) in [6.45, 7) is 6.01. The first-order chi connectivity index (χ1) is 6.10. The van der Waals surface area contributed by atoms with Crippen molar-refractivity contribution in [3.8, 4) is 0 Å². The number of hydrogen-bond donors (Lipinski definition) is 2. The number of nitrogens with one attached hydrogen (secondary N) is 1. The molecule has 2 N–H and O–H groups in total. The fourth-order valence-corrected chi connectivity index (χ4v) is 1.81. The molecule has 76 valence electrons. The molecule has 0 radical (unpaired) electrons. The zero-order chi connectivity index (χ0) is 9.53. The molecule has 2 saturated carbocycles. The zero-order valence-electron chi connectivity index (χ0n) is 8.77. The Labute approximate surface area is 80.7 Å². The van der Waals surface area contributed by atoms with Crippen molar-refractivity contribution in [3.63, 3.8) is 0 Å². The maximum atomic E-state index is 9.15. The first kappa shape index (κ1) is 9.47. The van der Waals surface area contributed by atoms with Gasteiger partial charge in [0.1, 0.15) is 0 Å². The van der Waals surface area contributed by atoms with Gasteiger partial charge >= 0.3 is 0 Å². The molecule has 13 heavy (non-hydrogen) atoms. The molecule has 1 atom stereocenters. The van der Waals surface area contributed by atoms with Crippen molar-refractivity contribution in [1.29, 1.82) is 0 Å². The normalized spacial score (nSPS) is 29.8. The van der Waals surface area contributed by atoms with Crippen LogP contribution in [0.5, 0.6) is 0 Å². The molecule has 2 nitrogen and oxygen atoms in total. The first-order valence-electron chi connectivity index (χ1n) is 5.45. The Hall–Kier alpha value is -0.0800. The van der Waals surface area contributed by atoms with Gasteiger partial charge in [0.05, 0.1) is 0 Å². The molecule has 0 aliphatic heterocycles. The molecule has 2 rings (SSSR count). The summed E-state index contributed by atoms with van der Waals surface area (Å²) in [6, 6.07) is 0.622. The van der Waals surface area contributed by atoms with Gasteiger partial charge in [-0.3, -0.25) is 0 Å². The molecule has 0 aromatic rings. The zero-order valence-corrected chi connectivity index (χ0v) is 8.77. The molecule has 0 aromatic carbocycles. The lowest BCUT2D eigenvalue weighted by Crippen LogP contribution is -2.38. The summed E-state index contributed by atoms with van der Waals surface area (Å²) in [5, 5.41) is 12.7. The van der Waals surface area contributed by atoms with Gasteiger partial charge in [0.2, 0.25) is 0 Å². The Balaban J connectivity index is 1.73. The van der Waals surface area contributed by atoms with Gasteiger partial charge in [0.25, 0.3) is 0 Å². The van der Waals surface area contributed by atoms with Crippen LogP contribution >= 0.6 is 0 Å². The predicted octanol–water partition coefficient (Wildman–Crippen LogP) is 1.54. The molecule has 2 aliphatic carbocycles. The fraction of sp³-hybridized carbons (Fsp3) is 1.00. The molecule has 2 aliphatic rings. The van der Waals surface area contributed by atoms with E-state index in [1.165, 1.54) is 25.7 Å². The molecule has 2 heteroatoms. The summed E-state index contributed by atoms with van der Waals surface area (Å²) in [5.74, 6) is 0. The molecule has 0 aromatic heterocycles. The quantitative estimate of drug-likeness (QED) is 0.677. The highest BCUT2D eigenvalue weighted by molar-refractivity contribution is 5.00. The summed E-state index contributed by atoms with van der Waals surface area (Å²) < 4.78 is 0. The SMILES string of the molecule is CC(NCC1(CO)CC1)C1(C)CC1. The third kappa shape index (κ3) is 1.89. The summed E-state index contributed by atoms with van der Waals surface area (Å²) in [7, 11) is 0. The number of rotatable bonds is 5. The van der Waals surface area contributed by atoms with Crippen LogP contribution in [0.3, 0.4) is 0 Å². The Morgan fingerprint density at radius 3 is 2.31 bits per heavy atom. The van der Waals surface area contributed by atoms with Crippen molar-refractivity contribution in [1.82, 2.24) is 5.32 Å². The number of aliphatic hydroxyl groups excluding tert-OH is 1. The van der Waals surface area contributed by atoms with E-state index in [0.29, 0.717) is 18.1 Å². The van der Waals surface area contributed by atoms with E-state index in [0.717, 1.165) is 6.54 Å². The minimum Gasteiger partial charge on any atom is -0.396 e. The van der Waals surface area contributed by atoms with Gasteiger partial charge in [0.15, 0.2) is 0 Å². The first-order valence-corrected chi connectivity index (χ1v) is 5.45. The van der Waals surface area contributed by atoms with Crippen molar-refractivity contribution < 1.29 is 5.11 Å². The summed E-state index contributed by atoms with van der Waals surface area (Å²) in [5.41, 5.74) is 0.824. The molecule has 0 spiro atoms. The van der Waals surface area contributed by atoms with Crippen molar-refractivity contribution in [2.75, 3.05) is 13.2 Å². The average Bonchev–Trinajstić information content (AvgIpc) is 2.99. The molecule has 1 unspecified atom stereocenters. The van der Waals surface area contributed by atoms with Gasteiger partial charge in [-0.05, 0) is 38.0 Å². The minimum atomic E-state index is 0.263. The van der Waals surface area contributed by atoms with Crippen LogP contribution in [0.15, 0.2) is 0 Å². The Bertz CT molecular complexity index is 194. The van der Waals surface area contributed by atoms with E-state index >= 15 is 0 Å². The Morgan fingerprint density at radius 2 is 1.92 bits per heavy atom. The van der Waals surface area contributed by atoms with E-state index in [1.54, 1.807) is 0 Å². The number of aliphatic hydroxyl groups is 1. The van der Waals surface area contributed by atoms with Crippen LogP contribution in [0.4, 0.5) is 0 Å². The highest BCUT2D eigenvalue weighted by atomic mass is 16.3. The van der Waals surface area contributed by atoms with Gasteiger partial charge in [-0.25, -0.2) is 0 Å². The molecular formula is C11H21NO. The van der Waals surface area contributed by atoms with Crippen LogP contribution in [0.25, 0.3) is 0 Å². The monoisotopic (exact) mass is 183 g/mol. The molecule has 0 amide bonds. The van der Waals surface area contributed by atoms with Gasteiger partial charge < -0.3 is 10.4 Å². The van der Waals surface area contributed by atoms with Crippen molar-refractivity contribution >= 4 is 0 Å². The van der Waals surface area contributed by atoms with Gasteiger partial charge in [-0.15, -0.1) is 0 Å². The Kier molecular flexibility index (Phi) is 2.16. The van der Waals surface area contributed by atoms with Crippen LogP contribution < -0.4 is 5.32 Å². The minimum absolute atomic E-state index is 0.263. The maximum Gasteiger partial charge on any atom is 0.0499 e. The molecule has 0 saturated heterocycles. The van der Waals surface area contributed by atoms with Crippen molar-refractivity contribution in [2.45, 2.75) is 45.6 Å². The van der Waals surface area contributed by atoms with E-state index in [4.69, 9.17) is 5.11 Å². The highest BCUT2D eigenvalue weighted by Crippen LogP contribution is 2.49. The number of hydrogen-bond acceptors (Lipinski definition) is 2. The third-order valence-corrected chi connectivity index (χ3v) is 4.16. The van der Waals surface area contributed by atoms with Gasteiger partial charge in [-0.2, -0.15) is 0 Å². The van der Waals surface area contributed by atoms with E-state index < -0.39 is 0 Å². The summed E-state index contributed by atoms with van der Waals surface area (Å²) >= 11 is 0. The van der Waals surface area contributed by atoms with E-state index in [1.807, 2.05) is 0 Å². The van der Waals surface area contributed by atoms with E-state index in [9.17, 15) is 0 Å². The van der Waals surface area contributed by atoms with E-state index in [2.05, 4.69) is 19.2 Å². The standard InChI is InChI=1S/C11H21NO/c1-9(10(2)3-4-10)12-7-11(8-13)5-6-11/h9,12-13H,3-8H2,1-2H3. The topological polar surface area (TPSA) is 32.3 Å². The lowest BCUT2D eigenvalue weighted by molar-refractivity contribution is 0.199. The lowest BCUT2D eigenvalue weighted by atomic mass is 9.99. The average molecular weight is 183 g/mol. The maximum absolute atomic E-state index is 9.15. The van der Waals surface area contributed by atoms with Crippen LogP contribution in [0, 0.1) is 10.8 Å². The van der Waals surface area contributed by atoms with Crippen molar-refractivity contribution in [2.24, 2.45) is 10.8 Å². The summed E-state index contributed by atoms with van der Waals surface area (Å²) in [6.07, 6.45) is 5.15. The second-order valence-corrected chi connectivity index (χ2v) is 5.41. The van der Waals surface area contributed by atoms with Crippen LogP contribution in [0.2, 0.25) is 0 Å². The van der Waals surface area contributed by atoms with Gasteiger partial charge in [-0.1, -0.05) is 6.92 Å². The molecular weight excluding hydrogens is 162 g/mol. The molecule has 0 heterocycles. The Morgan fingerprint density at radius 1 is 1.31 bits per heavy atom. The van der Waals surface area contributed by atoms with Crippen LogP contribution in [0.1, 0.15) is 39.5 Å². The molecule has 2 fully saturated rings. The lowest BCUT2D eigenvalue weighted by Gasteiger charge is -2.23. The largest absolute Gasteiger partial charge is 0.396 e. The summed E-state index contributed by atoms with van der Waals surface area (Å²) in [4.78, 5) is 0. The predicted molar refractivity (Wildman–Crippen MR) is 53.6 cm³/mol. The van der Waals surface area contributed by atoms with Crippen LogP contribution in [-0.2, 0) is 0 Å². The highest BCUT2D eigenvalue weighted by Gasteiger charge is 2.45. The van der Waals surface area contributed by atoms with Crippen LogP contribution in [-0.4, -0.2) is 24.3 Å². The molecule has 0 bridgehead atoms. The second-order valence-electron chi connectivity index (χ2n) is 5.41. The second kappa shape index (κ2) is 2.96. The fourth-order valence-electron chi connectivity index (χ4n) is 1.81. The third-order valence-electron chi connectivity index (χ3n) is 4.16. The van der Waals surface area contributed by atoms with Crippen molar-refractivity contribution in [3.05, 3.63) is 0 Å². The van der Waals surface area contributed by atoms with E-state index in [-0.39, 0.29) is 5.41 Å².